The molecule has 0 aliphatic carbocycles. The molecule has 3 heterocycles. The van der Waals surface area contributed by atoms with Crippen molar-refractivity contribution in [2.24, 2.45) is 0 Å². The molecule has 72 valence electrons. The fourth-order valence-electron chi connectivity index (χ4n) is 1.73. The summed E-state index contributed by atoms with van der Waals surface area (Å²) in [5.41, 5.74) is 4.38. The van der Waals surface area contributed by atoms with Crippen LogP contribution in [0.5, 0.6) is 0 Å². The minimum Gasteiger partial charge on any atom is -0.359 e. The monoisotopic (exact) mass is 195 g/mol. The molecule has 3 aromatic rings. The summed E-state index contributed by atoms with van der Waals surface area (Å²) in [6.45, 7) is 0. The predicted octanol–water partition coefficient (Wildman–Crippen LogP) is 2.62. The summed E-state index contributed by atoms with van der Waals surface area (Å²) in [5, 5.41) is 0. The van der Waals surface area contributed by atoms with Gasteiger partial charge in [-0.05, 0) is 29.8 Å². The summed E-state index contributed by atoms with van der Waals surface area (Å²) in [5.74, 6) is 0. The number of hydrogen-bond acceptors (Lipinski definition) is 2. The van der Waals surface area contributed by atoms with Crippen molar-refractivity contribution in [3.63, 3.8) is 0 Å². The molecule has 15 heavy (non-hydrogen) atoms. The average Bonchev–Trinajstić information content (AvgIpc) is 2.78. The molecule has 0 aliphatic heterocycles. The highest BCUT2D eigenvalue weighted by Gasteiger charge is 2.03. The Bertz CT molecular complexity index is 584. The van der Waals surface area contributed by atoms with Gasteiger partial charge in [-0.1, -0.05) is 0 Å². The van der Waals surface area contributed by atoms with E-state index < -0.39 is 0 Å². The van der Waals surface area contributed by atoms with E-state index in [2.05, 4.69) is 15.0 Å². The van der Waals surface area contributed by atoms with Crippen LogP contribution in [0.4, 0.5) is 0 Å². The Morgan fingerprint density at radius 1 is 0.933 bits per heavy atom. The van der Waals surface area contributed by atoms with Crippen molar-refractivity contribution in [3.05, 3.63) is 49.1 Å². The first-order valence-electron chi connectivity index (χ1n) is 4.77. The van der Waals surface area contributed by atoms with Crippen LogP contribution in [-0.2, 0) is 0 Å². The zero-order chi connectivity index (χ0) is 10.1. The molecule has 0 bridgehead atoms. The summed E-state index contributed by atoms with van der Waals surface area (Å²) in [6, 6.07) is 7.97. The topological polar surface area (TPSA) is 41.6 Å². The summed E-state index contributed by atoms with van der Waals surface area (Å²) in [7, 11) is 0. The molecule has 0 fully saturated rings. The van der Waals surface area contributed by atoms with Gasteiger partial charge in [0.25, 0.3) is 0 Å². The Morgan fingerprint density at radius 3 is 2.67 bits per heavy atom. The minimum atomic E-state index is 0.990. The van der Waals surface area contributed by atoms with Crippen LogP contribution in [0.15, 0.2) is 49.1 Å². The Labute approximate surface area is 86.8 Å². The number of rotatable bonds is 1. The van der Waals surface area contributed by atoms with Crippen LogP contribution in [0.25, 0.3) is 22.2 Å². The van der Waals surface area contributed by atoms with E-state index in [0.717, 1.165) is 22.2 Å². The highest BCUT2D eigenvalue weighted by Crippen LogP contribution is 2.25. The van der Waals surface area contributed by atoms with E-state index >= 15 is 0 Å². The number of hydrogen-bond donors (Lipinski definition) is 1. The van der Waals surface area contributed by atoms with Crippen molar-refractivity contribution in [3.8, 4) is 11.1 Å². The third-order valence-electron chi connectivity index (χ3n) is 2.44. The molecule has 1 N–H and O–H groups in total. The fraction of sp³-hybridized carbons (Fsp3) is 0. The van der Waals surface area contributed by atoms with Gasteiger partial charge in [0.1, 0.15) is 0 Å². The van der Waals surface area contributed by atoms with Crippen molar-refractivity contribution < 1.29 is 0 Å². The smallest absolute Gasteiger partial charge is 0.0885 e. The van der Waals surface area contributed by atoms with Gasteiger partial charge < -0.3 is 4.98 Å². The lowest BCUT2D eigenvalue weighted by Gasteiger charge is -2.01. The maximum absolute atomic E-state index is 4.28. The summed E-state index contributed by atoms with van der Waals surface area (Å²) >= 11 is 0. The van der Waals surface area contributed by atoms with Gasteiger partial charge in [0.2, 0.25) is 0 Å². The second-order valence-electron chi connectivity index (χ2n) is 3.33. The van der Waals surface area contributed by atoms with Crippen molar-refractivity contribution in [1.29, 1.82) is 0 Å². The van der Waals surface area contributed by atoms with Crippen molar-refractivity contribution in [2.75, 3.05) is 0 Å². The number of nitrogens with one attached hydrogen (secondary N) is 1. The van der Waals surface area contributed by atoms with Crippen molar-refractivity contribution in [2.45, 2.75) is 0 Å². The molecule has 3 rings (SSSR count). The summed E-state index contributed by atoms with van der Waals surface area (Å²) in [4.78, 5) is 11.5. The van der Waals surface area contributed by atoms with Crippen LogP contribution >= 0.6 is 0 Å². The molecule has 0 saturated carbocycles. The lowest BCUT2D eigenvalue weighted by atomic mass is 10.1. The third-order valence-corrected chi connectivity index (χ3v) is 2.44. The minimum absolute atomic E-state index is 0.990. The fourth-order valence-corrected chi connectivity index (χ4v) is 1.73. The molecule has 3 heteroatoms. The van der Waals surface area contributed by atoms with Gasteiger partial charge in [0.15, 0.2) is 0 Å². The molecule has 0 aliphatic rings. The normalized spacial score (nSPS) is 10.7. The molecule has 0 atom stereocenters. The summed E-state index contributed by atoms with van der Waals surface area (Å²) < 4.78 is 0. The predicted molar refractivity (Wildman–Crippen MR) is 59.3 cm³/mol. The number of aromatic amines is 1. The molecule has 0 radical (unpaired) electrons. The van der Waals surface area contributed by atoms with Gasteiger partial charge in [-0.25, -0.2) is 0 Å². The van der Waals surface area contributed by atoms with Crippen LogP contribution < -0.4 is 0 Å². The van der Waals surface area contributed by atoms with E-state index in [4.69, 9.17) is 0 Å². The van der Waals surface area contributed by atoms with Crippen LogP contribution in [0.3, 0.4) is 0 Å². The zero-order valence-electron chi connectivity index (χ0n) is 8.01. The molecule has 0 saturated heterocycles. The largest absolute Gasteiger partial charge is 0.359 e. The molecule has 0 spiro atoms. The molecule has 0 amide bonds. The van der Waals surface area contributed by atoms with Gasteiger partial charge in [-0.2, -0.15) is 0 Å². The van der Waals surface area contributed by atoms with E-state index in [0.29, 0.717) is 0 Å². The Morgan fingerprint density at radius 2 is 1.80 bits per heavy atom. The standard InChI is InChI=1S/C12H9N3/c1-5-13-6-2-9(1)10-3-7-14-11-4-8-15-12(10)11/h1-8,15H. The SMILES string of the molecule is c1cc(-c2ccnc3cc[nH]c23)ccn1. The lowest BCUT2D eigenvalue weighted by molar-refractivity contribution is 1.33. The summed E-state index contributed by atoms with van der Waals surface area (Å²) in [6.07, 6.45) is 7.32. The average molecular weight is 195 g/mol. The van der Waals surface area contributed by atoms with Gasteiger partial charge in [-0.15, -0.1) is 0 Å². The number of nitrogens with zero attached hydrogens (tertiary/aromatic N) is 2. The molecule has 3 nitrogen and oxygen atoms in total. The van der Waals surface area contributed by atoms with E-state index in [1.165, 1.54) is 0 Å². The number of H-pyrrole nitrogens is 1. The first kappa shape index (κ1) is 8.17. The molecular formula is C12H9N3. The molecule has 3 aromatic heterocycles. The quantitative estimate of drug-likeness (QED) is 0.648. The number of aromatic nitrogens is 3. The Balaban J connectivity index is 2.31. The van der Waals surface area contributed by atoms with Crippen LogP contribution in [0, 0.1) is 0 Å². The molecule has 0 unspecified atom stereocenters. The van der Waals surface area contributed by atoms with Crippen LogP contribution in [0.1, 0.15) is 0 Å². The van der Waals surface area contributed by atoms with E-state index in [9.17, 15) is 0 Å². The lowest BCUT2D eigenvalue weighted by Crippen LogP contribution is -1.82. The second-order valence-corrected chi connectivity index (χ2v) is 3.33. The van der Waals surface area contributed by atoms with Gasteiger partial charge in [-0.3, -0.25) is 9.97 Å². The molecule has 0 aromatic carbocycles. The van der Waals surface area contributed by atoms with Gasteiger partial charge in [0.05, 0.1) is 11.0 Å². The van der Waals surface area contributed by atoms with Crippen molar-refractivity contribution >= 4 is 11.0 Å². The van der Waals surface area contributed by atoms with Crippen molar-refractivity contribution in [1.82, 2.24) is 15.0 Å². The second kappa shape index (κ2) is 3.20. The first-order chi connectivity index (χ1) is 7.45. The van der Waals surface area contributed by atoms with Gasteiger partial charge >= 0.3 is 0 Å². The maximum atomic E-state index is 4.28. The Hall–Kier alpha value is -2.16. The van der Waals surface area contributed by atoms with Gasteiger partial charge in [0, 0.05) is 30.4 Å². The van der Waals surface area contributed by atoms with E-state index in [-0.39, 0.29) is 0 Å². The highest BCUT2D eigenvalue weighted by atomic mass is 14.8. The first-order valence-corrected chi connectivity index (χ1v) is 4.77. The van der Waals surface area contributed by atoms with E-state index in [1.54, 1.807) is 12.4 Å². The highest BCUT2D eigenvalue weighted by molar-refractivity contribution is 5.91. The number of pyridine rings is 2. The Kier molecular flexibility index (Phi) is 1.75. The van der Waals surface area contributed by atoms with Crippen LogP contribution in [-0.4, -0.2) is 15.0 Å². The van der Waals surface area contributed by atoms with Crippen LogP contribution in [0.2, 0.25) is 0 Å². The van der Waals surface area contributed by atoms with E-state index in [1.807, 2.05) is 36.7 Å². The third kappa shape index (κ3) is 1.29. The maximum Gasteiger partial charge on any atom is 0.0885 e. The number of fused-ring (bicyclic) bond motifs is 1. The molecular weight excluding hydrogens is 186 g/mol. The zero-order valence-corrected chi connectivity index (χ0v) is 8.01.